The maximum Gasteiger partial charge on any atom is 0.143 e. The Morgan fingerprint density at radius 1 is 0.490 bits per heavy atom. The largest absolute Gasteiger partial charge is 0.455 e. The zero-order valence-electron chi connectivity index (χ0n) is 26.6. The van der Waals surface area contributed by atoms with E-state index in [9.17, 15) is 0 Å². The van der Waals surface area contributed by atoms with Crippen LogP contribution in [0.5, 0.6) is 0 Å². The summed E-state index contributed by atoms with van der Waals surface area (Å²) in [5.74, 6) is 0.858. The topological polar surface area (TPSA) is 49.6 Å². The number of aliphatic imine (C=N–C) groups is 1. The molecule has 0 spiro atoms. The molecule has 4 heteroatoms. The van der Waals surface area contributed by atoms with Gasteiger partial charge in [0.25, 0.3) is 0 Å². The van der Waals surface area contributed by atoms with E-state index in [4.69, 9.17) is 9.41 Å². The second-order valence-electron chi connectivity index (χ2n) is 12.8. The van der Waals surface area contributed by atoms with Crippen molar-refractivity contribution in [1.29, 1.82) is 0 Å². The van der Waals surface area contributed by atoms with E-state index in [1.165, 1.54) is 32.3 Å². The molecule has 0 saturated heterocycles. The Labute approximate surface area is 283 Å². The molecule has 9 aromatic rings. The van der Waals surface area contributed by atoms with E-state index >= 15 is 0 Å². The lowest BCUT2D eigenvalue weighted by Crippen LogP contribution is -2.45. The molecule has 232 valence electrons. The Kier molecular flexibility index (Phi) is 6.36. The highest BCUT2D eigenvalue weighted by Crippen LogP contribution is 2.43. The predicted molar refractivity (Wildman–Crippen MR) is 203 cm³/mol. The number of hydrogen-bond donors (Lipinski definition) is 2. The van der Waals surface area contributed by atoms with E-state index in [2.05, 4.69) is 156 Å². The van der Waals surface area contributed by atoms with Crippen LogP contribution in [0.4, 0.5) is 0 Å². The smallest absolute Gasteiger partial charge is 0.143 e. The van der Waals surface area contributed by atoms with Crippen LogP contribution in [0, 0.1) is 0 Å². The van der Waals surface area contributed by atoms with E-state index in [1.54, 1.807) is 0 Å². The summed E-state index contributed by atoms with van der Waals surface area (Å²) in [7, 11) is 0. The summed E-state index contributed by atoms with van der Waals surface area (Å²) in [6.45, 7) is 0. The SMILES string of the molecule is c1ccc(C2=NC(c3ccccc3)NC(c3ccc(-c4ccc5c6ccccc6c6ccccc6c5c4)c4oc5ccccc5c34)N2)cc1. The number of benzene rings is 8. The van der Waals surface area contributed by atoms with Crippen molar-refractivity contribution in [2.45, 2.75) is 12.3 Å². The summed E-state index contributed by atoms with van der Waals surface area (Å²) in [5.41, 5.74) is 7.23. The normalized spacial score (nSPS) is 16.4. The Morgan fingerprint density at radius 2 is 1.08 bits per heavy atom. The highest BCUT2D eigenvalue weighted by Gasteiger charge is 2.28. The predicted octanol–water partition coefficient (Wildman–Crippen LogP) is 11.0. The van der Waals surface area contributed by atoms with Crippen molar-refractivity contribution in [3.05, 3.63) is 180 Å². The van der Waals surface area contributed by atoms with Crippen molar-refractivity contribution in [2.24, 2.45) is 4.99 Å². The maximum absolute atomic E-state index is 6.78. The van der Waals surface area contributed by atoms with Gasteiger partial charge in [-0.15, -0.1) is 0 Å². The Morgan fingerprint density at radius 3 is 1.80 bits per heavy atom. The molecule has 0 amide bonds. The molecular formula is C45H31N3O. The van der Waals surface area contributed by atoms with Crippen LogP contribution >= 0.6 is 0 Å². The zero-order chi connectivity index (χ0) is 32.3. The molecule has 2 atom stereocenters. The molecule has 2 unspecified atom stereocenters. The van der Waals surface area contributed by atoms with Crippen LogP contribution in [0.25, 0.3) is 65.4 Å². The van der Waals surface area contributed by atoms with Gasteiger partial charge in [0.1, 0.15) is 29.3 Å². The molecule has 10 rings (SSSR count). The van der Waals surface area contributed by atoms with Gasteiger partial charge in [-0.1, -0.05) is 152 Å². The van der Waals surface area contributed by atoms with Gasteiger partial charge in [-0.3, -0.25) is 5.32 Å². The third kappa shape index (κ3) is 4.53. The average Bonchev–Trinajstić information content (AvgIpc) is 3.58. The molecule has 8 aromatic carbocycles. The monoisotopic (exact) mass is 629 g/mol. The Balaban J connectivity index is 1.18. The fourth-order valence-electron chi connectivity index (χ4n) is 7.66. The number of para-hydroxylation sites is 1. The maximum atomic E-state index is 6.78. The number of amidine groups is 1. The average molecular weight is 630 g/mol. The van der Waals surface area contributed by atoms with Crippen LogP contribution in [0.15, 0.2) is 173 Å². The number of nitrogens with zero attached hydrogens (tertiary/aromatic N) is 1. The molecular weight excluding hydrogens is 599 g/mol. The Bertz CT molecular complexity index is 2690. The number of fused-ring (bicyclic) bond motifs is 9. The summed E-state index contributed by atoms with van der Waals surface area (Å²) in [6.07, 6.45) is -0.443. The van der Waals surface area contributed by atoms with Crippen LogP contribution in [0.3, 0.4) is 0 Å². The lowest BCUT2D eigenvalue weighted by Gasteiger charge is -2.32. The van der Waals surface area contributed by atoms with Crippen molar-refractivity contribution in [2.75, 3.05) is 0 Å². The first kappa shape index (κ1) is 27.8. The highest BCUT2D eigenvalue weighted by molar-refractivity contribution is 6.26. The second kappa shape index (κ2) is 11.2. The summed E-state index contributed by atoms with van der Waals surface area (Å²) in [5, 5.41) is 17.3. The van der Waals surface area contributed by atoms with Crippen molar-refractivity contribution in [3.63, 3.8) is 0 Å². The number of nitrogens with one attached hydrogen (secondary N) is 2. The fraction of sp³-hybridized carbons (Fsp3) is 0.0444. The van der Waals surface area contributed by atoms with Crippen molar-refractivity contribution < 1.29 is 4.42 Å². The van der Waals surface area contributed by atoms with E-state index in [0.717, 1.165) is 55.6 Å². The zero-order valence-corrected chi connectivity index (χ0v) is 26.6. The molecule has 0 radical (unpaired) electrons. The van der Waals surface area contributed by atoms with Crippen molar-refractivity contribution in [1.82, 2.24) is 10.6 Å². The van der Waals surface area contributed by atoms with E-state index in [-0.39, 0.29) is 12.3 Å². The first-order chi connectivity index (χ1) is 24.3. The van der Waals surface area contributed by atoms with Crippen LogP contribution in [-0.4, -0.2) is 5.84 Å². The number of hydrogen-bond acceptors (Lipinski definition) is 4. The molecule has 1 aromatic heterocycles. The van der Waals surface area contributed by atoms with Gasteiger partial charge in [0, 0.05) is 27.5 Å². The molecule has 2 heterocycles. The van der Waals surface area contributed by atoms with Gasteiger partial charge in [0.2, 0.25) is 0 Å². The minimum Gasteiger partial charge on any atom is -0.455 e. The van der Waals surface area contributed by atoms with Gasteiger partial charge in [0.05, 0.1) is 0 Å². The van der Waals surface area contributed by atoms with E-state index < -0.39 is 0 Å². The van der Waals surface area contributed by atoms with Crippen molar-refractivity contribution in [3.8, 4) is 11.1 Å². The Hall–Kier alpha value is -6.23. The van der Waals surface area contributed by atoms with Crippen LogP contribution < -0.4 is 10.6 Å². The summed E-state index contributed by atoms with van der Waals surface area (Å²) >= 11 is 0. The minimum atomic E-state index is -0.223. The molecule has 1 aliphatic heterocycles. The van der Waals surface area contributed by atoms with E-state index in [0.29, 0.717) is 0 Å². The standard InChI is InChI=1S/C45H31N3O/c1-3-13-28(14-4-1)43-46-44(29-15-5-2-6-16-29)48-45(47-43)38-26-25-31(42-41(38)37-21-11-12-22-40(37)49-42)30-23-24-36-34-19-8-7-17-32(34)33-18-9-10-20-35(33)39(36)27-30/h1-27,43,45,47H,(H,46,48). The summed E-state index contributed by atoms with van der Waals surface area (Å²) in [4.78, 5) is 5.14. The van der Waals surface area contributed by atoms with Crippen LogP contribution in [-0.2, 0) is 0 Å². The lowest BCUT2D eigenvalue weighted by atomic mass is 9.91. The first-order valence-electron chi connectivity index (χ1n) is 16.8. The third-order valence-electron chi connectivity index (χ3n) is 9.95. The van der Waals surface area contributed by atoms with E-state index in [1.807, 2.05) is 18.2 Å². The van der Waals surface area contributed by atoms with Gasteiger partial charge < -0.3 is 9.73 Å². The fourth-order valence-corrected chi connectivity index (χ4v) is 7.66. The molecule has 0 bridgehead atoms. The third-order valence-corrected chi connectivity index (χ3v) is 9.95. The van der Waals surface area contributed by atoms with Gasteiger partial charge in [0.15, 0.2) is 0 Å². The molecule has 0 fully saturated rings. The quantitative estimate of drug-likeness (QED) is 0.190. The molecule has 0 aliphatic carbocycles. The van der Waals surface area contributed by atoms with Gasteiger partial charge in [-0.2, -0.15) is 0 Å². The van der Waals surface area contributed by atoms with Crippen molar-refractivity contribution >= 4 is 60.1 Å². The minimum absolute atomic E-state index is 0.220. The molecule has 4 nitrogen and oxygen atoms in total. The first-order valence-corrected chi connectivity index (χ1v) is 16.8. The highest BCUT2D eigenvalue weighted by atomic mass is 16.3. The van der Waals surface area contributed by atoms with Gasteiger partial charge in [-0.25, -0.2) is 4.99 Å². The number of rotatable bonds is 4. The second-order valence-corrected chi connectivity index (χ2v) is 12.8. The molecule has 1 aliphatic rings. The molecule has 2 N–H and O–H groups in total. The lowest BCUT2D eigenvalue weighted by molar-refractivity contribution is 0.411. The molecule has 0 saturated carbocycles. The van der Waals surface area contributed by atoms with Gasteiger partial charge >= 0.3 is 0 Å². The summed E-state index contributed by atoms with van der Waals surface area (Å²) in [6, 6.07) is 57.9. The summed E-state index contributed by atoms with van der Waals surface area (Å²) < 4.78 is 6.78. The van der Waals surface area contributed by atoms with Crippen LogP contribution in [0.1, 0.15) is 29.0 Å². The van der Waals surface area contributed by atoms with Gasteiger partial charge in [-0.05, 0) is 55.6 Å². The van der Waals surface area contributed by atoms with Crippen LogP contribution in [0.2, 0.25) is 0 Å². The molecule has 49 heavy (non-hydrogen) atoms. The number of furan rings is 1.